The molecule has 0 bridgehead atoms. The summed E-state index contributed by atoms with van der Waals surface area (Å²) in [7, 11) is 0. The lowest BCUT2D eigenvalue weighted by Crippen LogP contribution is -2.33. The average molecular weight is 729 g/mol. The molecule has 2 heterocycles. The number of halogens is 4. The van der Waals surface area contributed by atoms with Crippen molar-refractivity contribution in [2.45, 2.75) is 39.2 Å². The minimum atomic E-state index is -0.467. The van der Waals surface area contributed by atoms with E-state index in [1.54, 1.807) is 12.4 Å². The zero-order chi connectivity index (χ0) is 23.1. The Hall–Kier alpha value is -0.830. The molecule has 1 amide bonds. The van der Waals surface area contributed by atoms with Crippen LogP contribution in [-0.4, -0.2) is 48.0 Å². The molecule has 0 aromatic carbocycles. The normalized spacial score (nSPS) is 9.88. The van der Waals surface area contributed by atoms with Gasteiger partial charge in [-0.15, -0.1) is 24.8 Å². The number of carbonyl (C=O) groups is 1. The maximum absolute atomic E-state index is 11.3. The van der Waals surface area contributed by atoms with Crippen LogP contribution in [0.4, 0.5) is 4.79 Å². The Morgan fingerprint density at radius 2 is 1.42 bits per heavy atom. The predicted octanol–water partition coefficient (Wildman–Crippen LogP) is 5.24. The van der Waals surface area contributed by atoms with Crippen LogP contribution in [0.2, 0.25) is 0 Å². The highest BCUT2D eigenvalue weighted by Gasteiger charge is 2.15. The summed E-state index contributed by atoms with van der Waals surface area (Å²) in [6.07, 6.45) is 4.69. The predicted molar refractivity (Wildman–Crippen MR) is 152 cm³/mol. The Morgan fingerprint density at radius 1 is 0.939 bits per heavy atom. The quantitative estimate of drug-likeness (QED) is 0.269. The van der Waals surface area contributed by atoms with Crippen LogP contribution in [0.25, 0.3) is 0 Å². The lowest BCUT2D eigenvalue weighted by molar-refractivity contribution is 0.0525. The molecule has 8 nitrogen and oxygen atoms in total. The van der Waals surface area contributed by atoms with E-state index in [9.17, 15) is 4.79 Å². The first-order chi connectivity index (χ1) is 14.7. The summed E-state index contributed by atoms with van der Waals surface area (Å²) in [4.78, 5) is 19.5. The molecule has 33 heavy (non-hydrogen) atoms. The van der Waals surface area contributed by atoms with Gasteiger partial charge in [0.15, 0.2) is 0 Å². The molecule has 0 saturated carbocycles. The lowest BCUT2D eigenvalue weighted by Gasteiger charge is -2.19. The SMILES string of the molecule is CC(C)(C)OC(=O)NCCCOc1ccc(I)cn1.Cl.Cl.NCCCOc1ccc(I)cn1. The molecule has 2 aromatic heterocycles. The number of amides is 1. The molecule has 188 valence electrons. The lowest BCUT2D eigenvalue weighted by atomic mass is 10.2. The van der Waals surface area contributed by atoms with Crippen molar-refractivity contribution in [1.82, 2.24) is 15.3 Å². The van der Waals surface area contributed by atoms with E-state index in [1.807, 2.05) is 45.0 Å². The maximum atomic E-state index is 11.3. The highest BCUT2D eigenvalue weighted by atomic mass is 127. The van der Waals surface area contributed by atoms with Crippen LogP contribution >= 0.6 is 70.0 Å². The third kappa shape index (κ3) is 19.2. The van der Waals surface area contributed by atoms with E-state index < -0.39 is 11.7 Å². The molecule has 0 unspecified atom stereocenters. The summed E-state index contributed by atoms with van der Waals surface area (Å²) >= 11 is 4.39. The Balaban J connectivity index is 0. The third-order valence-corrected chi connectivity index (χ3v) is 4.51. The Kier molecular flexibility index (Phi) is 20.3. The standard InChI is InChI=1S/C13H19IN2O3.C8H11IN2O.2ClH/c1-13(2,3)19-12(17)15-7-4-8-18-11-6-5-10(14)9-16-11;9-7-2-3-8(11-6-7)12-5-1-4-10;;/h5-6,9H,4,7-8H2,1-3H3,(H,15,17);2-3,6H,1,4-5,10H2;2*1H. The first kappa shape index (κ1) is 34.3. The number of rotatable bonds is 9. The van der Waals surface area contributed by atoms with Crippen LogP contribution in [0.5, 0.6) is 11.8 Å². The van der Waals surface area contributed by atoms with Crippen LogP contribution in [0.3, 0.4) is 0 Å². The van der Waals surface area contributed by atoms with Crippen LogP contribution < -0.4 is 20.5 Å². The number of nitrogens with zero attached hydrogens (tertiary/aromatic N) is 2. The molecule has 3 N–H and O–H groups in total. The molecule has 0 atom stereocenters. The van der Waals surface area contributed by atoms with Crippen molar-refractivity contribution in [1.29, 1.82) is 0 Å². The smallest absolute Gasteiger partial charge is 0.407 e. The molecule has 12 heteroatoms. The van der Waals surface area contributed by atoms with Crippen molar-refractivity contribution < 1.29 is 19.0 Å². The van der Waals surface area contributed by atoms with Crippen molar-refractivity contribution >= 4 is 76.1 Å². The fraction of sp³-hybridized carbons (Fsp3) is 0.476. The summed E-state index contributed by atoms with van der Waals surface area (Å²) in [6, 6.07) is 7.58. The van der Waals surface area contributed by atoms with E-state index in [4.69, 9.17) is 19.9 Å². The second-order valence-electron chi connectivity index (χ2n) is 7.25. The van der Waals surface area contributed by atoms with Crippen molar-refractivity contribution in [3.63, 3.8) is 0 Å². The van der Waals surface area contributed by atoms with Crippen molar-refractivity contribution in [2.75, 3.05) is 26.3 Å². The zero-order valence-electron chi connectivity index (χ0n) is 18.9. The summed E-state index contributed by atoms with van der Waals surface area (Å²) in [6.45, 7) is 7.81. The third-order valence-electron chi connectivity index (χ3n) is 3.24. The second-order valence-corrected chi connectivity index (χ2v) is 9.74. The van der Waals surface area contributed by atoms with Gasteiger partial charge in [0.05, 0.1) is 13.2 Å². The van der Waals surface area contributed by atoms with Gasteiger partial charge in [-0.2, -0.15) is 0 Å². The minimum Gasteiger partial charge on any atom is -0.478 e. The van der Waals surface area contributed by atoms with Gasteiger partial charge in [0, 0.05) is 38.2 Å². The van der Waals surface area contributed by atoms with Gasteiger partial charge in [0.1, 0.15) is 5.60 Å². The Morgan fingerprint density at radius 3 is 1.82 bits per heavy atom. The summed E-state index contributed by atoms with van der Waals surface area (Å²) in [5, 5.41) is 2.67. The van der Waals surface area contributed by atoms with Gasteiger partial charge in [0.2, 0.25) is 11.8 Å². The van der Waals surface area contributed by atoms with Crippen molar-refractivity contribution in [3.05, 3.63) is 43.8 Å². The van der Waals surface area contributed by atoms with Gasteiger partial charge in [-0.25, -0.2) is 14.8 Å². The monoisotopic (exact) mass is 728 g/mol. The second kappa shape index (κ2) is 19.5. The number of alkyl carbamates (subject to hydrolysis) is 1. The molecule has 2 aromatic rings. The number of pyridine rings is 2. The van der Waals surface area contributed by atoms with E-state index >= 15 is 0 Å². The number of carbonyl (C=O) groups excluding carboxylic acids is 1. The summed E-state index contributed by atoms with van der Waals surface area (Å²) in [5.74, 6) is 1.27. The summed E-state index contributed by atoms with van der Waals surface area (Å²) < 4.78 is 18.0. The van der Waals surface area contributed by atoms with Crippen LogP contribution in [0.1, 0.15) is 33.6 Å². The van der Waals surface area contributed by atoms with Crippen LogP contribution in [-0.2, 0) is 4.74 Å². The number of aromatic nitrogens is 2. The summed E-state index contributed by atoms with van der Waals surface area (Å²) in [5.41, 5.74) is 4.85. The van der Waals surface area contributed by atoms with E-state index in [0.29, 0.717) is 44.5 Å². The zero-order valence-corrected chi connectivity index (χ0v) is 24.8. The first-order valence-corrected chi connectivity index (χ1v) is 12.0. The average Bonchev–Trinajstić information content (AvgIpc) is 2.70. The first-order valence-electron chi connectivity index (χ1n) is 9.85. The van der Waals surface area contributed by atoms with Crippen LogP contribution in [0.15, 0.2) is 36.7 Å². The molecular formula is C21H32Cl2I2N4O4. The molecule has 0 saturated heterocycles. The van der Waals surface area contributed by atoms with Gasteiger partial charge < -0.3 is 25.3 Å². The number of nitrogens with one attached hydrogen (secondary N) is 1. The van der Waals surface area contributed by atoms with Gasteiger partial charge in [-0.3, -0.25) is 0 Å². The van der Waals surface area contributed by atoms with Gasteiger partial charge in [-0.05, 0) is 97.5 Å². The van der Waals surface area contributed by atoms with Gasteiger partial charge in [0.25, 0.3) is 0 Å². The fourth-order valence-corrected chi connectivity index (χ4v) is 2.55. The number of hydrogen-bond donors (Lipinski definition) is 2. The van der Waals surface area contributed by atoms with Crippen LogP contribution in [0, 0.1) is 7.14 Å². The number of ether oxygens (including phenoxy) is 3. The largest absolute Gasteiger partial charge is 0.478 e. The maximum Gasteiger partial charge on any atom is 0.407 e. The molecular weight excluding hydrogens is 697 g/mol. The van der Waals surface area contributed by atoms with E-state index in [0.717, 1.165) is 13.6 Å². The van der Waals surface area contributed by atoms with E-state index in [1.165, 1.54) is 0 Å². The molecule has 0 aliphatic carbocycles. The number of nitrogens with two attached hydrogens (primary N) is 1. The van der Waals surface area contributed by atoms with Crippen molar-refractivity contribution in [2.24, 2.45) is 5.73 Å². The topological polar surface area (TPSA) is 109 Å². The molecule has 2 rings (SSSR count). The highest BCUT2D eigenvalue weighted by molar-refractivity contribution is 14.1. The molecule has 0 aliphatic heterocycles. The molecule has 0 radical (unpaired) electrons. The molecule has 0 spiro atoms. The van der Waals surface area contributed by atoms with Gasteiger partial charge in [-0.1, -0.05) is 0 Å². The van der Waals surface area contributed by atoms with Gasteiger partial charge >= 0.3 is 6.09 Å². The fourth-order valence-electron chi connectivity index (χ4n) is 1.91. The molecule has 0 fully saturated rings. The Labute approximate surface area is 235 Å². The Bertz CT molecular complexity index is 764. The highest BCUT2D eigenvalue weighted by Crippen LogP contribution is 2.10. The van der Waals surface area contributed by atoms with E-state index in [2.05, 4.69) is 60.5 Å². The number of hydrogen-bond acceptors (Lipinski definition) is 7. The van der Waals surface area contributed by atoms with Crippen molar-refractivity contribution in [3.8, 4) is 11.8 Å². The van der Waals surface area contributed by atoms with E-state index in [-0.39, 0.29) is 24.8 Å². The molecule has 0 aliphatic rings. The minimum absolute atomic E-state index is 0.